The van der Waals surface area contributed by atoms with Crippen LogP contribution in [0.15, 0.2) is 12.1 Å². The van der Waals surface area contributed by atoms with Crippen LogP contribution in [0.2, 0.25) is 0 Å². The minimum absolute atomic E-state index is 0.157. The van der Waals surface area contributed by atoms with Crippen molar-refractivity contribution in [1.82, 2.24) is 5.32 Å². The third kappa shape index (κ3) is 2.29. The van der Waals surface area contributed by atoms with Gasteiger partial charge in [-0.2, -0.15) is 0 Å². The molecule has 0 saturated heterocycles. The van der Waals surface area contributed by atoms with Gasteiger partial charge in [0.2, 0.25) is 0 Å². The van der Waals surface area contributed by atoms with Gasteiger partial charge in [-0.25, -0.2) is 8.78 Å². The van der Waals surface area contributed by atoms with Gasteiger partial charge in [-0.1, -0.05) is 6.92 Å². The van der Waals surface area contributed by atoms with Crippen molar-refractivity contribution in [2.75, 3.05) is 6.54 Å². The maximum Gasteiger partial charge on any atom is 0.128 e. The minimum atomic E-state index is -0.355. The highest BCUT2D eigenvalue weighted by Crippen LogP contribution is 2.20. The summed E-state index contributed by atoms with van der Waals surface area (Å²) in [6.45, 7) is 6.03. The monoisotopic (exact) mass is 199 g/mol. The van der Waals surface area contributed by atoms with Crippen LogP contribution in [0.25, 0.3) is 0 Å². The average Bonchev–Trinajstić information content (AvgIpc) is 2.11. The van der Waals surface area contributed by atoms with E-state index in [1.807, 2.05) is 13.8 Å². The molecule has 1 nitrogen and oxygen atoms in total. The Morgan fingerprint density at radius 1 is 1.29 bits per heavy atom. The first-order valence-electron chi connectivity index (χ1n) is 4.75. The lowest BCUT2D eigenvalue weighted by Crippen LogP contribution is -2.19. The summed E-state index contributed by atoms with van der Waals surface area (Å²) in [6, 6.07) is 2.34. The lowest BCUT2D eigenvalue weighted by atomic mass is 10.1. The fourth-order valence-electron chi connectivity index (χ4n) is 1.41. The molecule has 1 unspecified atom stereocenters. The molecule has 1 N–H and O–H groups in total. The molecule has 0 bridgehead atoms. The molecule has 0 aliphatic carbocycles. The molecule has 1 atom stereocenters. The Morgan fingerprint density at radius 3 is 2.50 bits per heavy atom. The average molecular weight is 199 g/mol. The van der Waals surface area contributed by atoms with E-state index in [-0.39, 0.29) is 17.7 Å². The summed E-state index contributed by atoms with van der Waals surface area (Å²) in [4.78, 5) is 0. The molecule has 0 saturated carbocycles. The van der Waals surface area contributed by atoms with Gasteiger partial charge in [0.05, 0.1) is 0 Å². The van der Waals surface area contributed by atoms with Crippen LogP contribution >= 0.6 is 0 Å². The molecular weight excluding hydrogens is 184 g/mol. The molecule has 0 amide bonds. The third-order valence-electron chi connectivity index (χ3n) is 2.25. The molecule has 1 aromatic carbocycles. The van der Waals surface area contributed by atoms with E-state index in [4.69, 9.17) is 0 Å². The van der Waals surface area contributed by atoms with E-state index in [2.05, 4.69) is 5.32 Å². The molecule has 0 spiro atoms. The van der Waals surface area contributed by atoms with Crippen LogP contribution in [-0.2, 0) is 0 Å². The quantitative estimate of drug-likeness (QED) is 0.789. The maximum absolute atomic E-state index is 13.4. The van der Waals surface area contributed by atoms with E-state index < -0.39 is 0 Å². The highest BCUT2D eigenvalue weighted by molar-refractivity contribution is 5.27. The van der Waals surface area contributed by atoms with Gasteiger partial charge in [0.25, 0.3) is 0 Å². The normalized spacial score (nSPS) is 12.9. The summed E-state index contributed by atoms with van der Waals surface area (Å²) in [7, 11) is 0. The molecular formula is C11H15F2N. The van der Waals surface area contributed by atoms with Crippen molar-refractivity contribution in [1.29, 1.82) is 0 Å². The van der Waals surface area contributed by atoms with E-state index in [1.54, 1.807) is 6.92 Å². The highest BCUT2D eigenvalue weighted by atomic mass is 19.1. The van der Waals surface area contributed by atoms with Crippen LogP contribution in [0.1, 0.15) is 31.0 Å². The number of rotatable bonds is 3. The number of aryl methyl sites for hydroxylation is 1. The molecule has 0 aliphatic rings. The summed E-state index contributed by atoms with van der Waals surface area (Å²) in [6.07, 6.45) is 0. The molecule has 0 fully saturated rings. The van der Waals surface area contributed by atoms with Gasteiger partial charge in [-0.3, -0.25) is 0 Å². The summed E-state index contributed by atoms with van der Waals surface area (Å²) >= 11 is 0. The lowest BCUT2D eigenvalue weighted by molar-refractivity contribution is 0.526. The fourth-order valence-corrected chi connectivity index (χ4v) is 1.41. The van der Waals surface area contributed by atoms with Crippen LogP contribution in [0, 0.1) is 18.6 Å². The van der Waals surface area contributed by atoms with Crippen molar-refractivity contribution in [3.8, 4) is 0 Å². The maximum atomic E-state index is 13.4. The second kappa shape index (κ2) is 4.51. The Balaban J connectivity index is 3.02. The standard InChI is InChI=1S/C11H15F2N/c1-4-14-8(3)9-6-10(12)7(2)5-11(9)13/h5-6,8,14H,4H2,1-3H3. The molecule has 1 rings (SSSR count). The Labute approximate surface area is 83.1 Å². The summed E-state index contributed by atoms with van der Waals surface area (Å²) in [5.74, 6) is -0.705. The Bertz CT molecular complexity index is 323. The van der Waals surface area contributed by atoms with Gasteiger partial charge >= 0.3 is 0 Å². The second-order valence-corrected chi connectivity index (χ2v) is 3.40. The smallest absolute Gasteiger partial charge is 0.128 e. The Morgan fingerprint density at radius 2 is 1.93 bits per heavy atom. The van der Waals surface area contributed by atoms with Crippen molar-refractivity contribution in [2.45, 2.75) is 26.8 Å². The number of hydrogen-bond acceptors (Lipinski definition) is 1. The lowest BCUT2D eigenvalue weighted by Gasteiger charge is -2.14. The molecule has 0 heterocycles. The van der Waals surface area contributed by atoms with Crippen molar-refractivity contribution in [3.63, 3.8) is 0 Å². The molecule has 14 heavy (non-hydrogen) atoms. The van der Waals surface area contributed by atoms with Crippen molar-refractivity contribution in [3.05, 3.63) is 34.9 Å². The van der Waals surface area contributed by atoms with Gasteiger partial charge < -0.3 is 5.32 Å². The Hall–Kier alpha value is -0.960. The van der Waals surface area contributed by atoms with Gasteiger partial charge in [0, 0.05) is 11.6 Å². The number of halogens is 2. The van der Waals surface area contributed by atoms with Crippen molar-refractivity contribution in [2.24, 2.45) is 0 Å². The van der Waals surface area contributed by atoms with Crippen LogP contribution in [0.5, 0.6) is 0 Å². The molecule has 0 aromatic heterocycles. The van der Waals surface area contributed by atoms with Gasteiger partial charge in [0.15, 0.2) is 0 Å². The second-order valence-electron chi connectivity index (χ2n) is 3.40. The first kappa shape index (κ1) is 11.1. The highest BCUT2D eigenvalue weighted by Gasteiger charge is 2.12. The van der Waals surface area contributed by atoms with Crippen LogP contribution < -0.4 is 5.32 Å². The van der Waals surface area contributed by atoms with E-state index >= 15 is 0 Å². The van der Waals surface area contributed by atoms with Crippen LogP contribution in [0.3, 0.4) is 0 Å². The zero-order valence-corrected chi connectivity index (χ0v) is 8.70. The van der Waals surface area contributed by atoms with Crippen molar-refractivity contribution < 1.29 is 8.78 Å². The molecule has 0 aliphatic heterocycles. The molecule has 0 radical (unpaired) electrons. The minimum Gasteiger partial charge on any atom is -0.310 e. The van der Waals surface area contributed by atoms with Crippen molar-refractivity contribution >= 4 is 0 Å². The third-order valence-corrected chi connectivity index (χ3v) is 2.25. The number of benzene rings is 1. The molecule has 1 aromatic rings. The van der Waals surface area contributed by atoms with Crippen LogP contribution in [0.4, 0.5) is 8.78 Å². The largest absolute Gasteiger partial charge is 0.310 e. The van der Waals surface area contributed by atoms with E-state index in [9.17, 15) is 8.78 Å². The summed E-state index contributed by atoms with van der Waals surface area (Å²) in [5.41, 5.74) is 0.727. The summed E-state index contributed by atoms with van der Waals surface area (Å²) < 4.78 is 26.6. The predicted molar refractivity (Wildman–Crippen MR) is 53.2 cm³/mol. The van der Waals surface area contributed by atoms with Crippen LogP contribution in [-0.4, -0.2) is 6.54 Å². The van der Waals surface area contributed by atoms with Gasteiger partial charge in [0.1, 0.15) is 11.6 Å². The van der Waals surface area contributed by atoms with Gasteiger partial charge in [-0.15, -0.1) is 0 Å². The van der Waals surface area contributed by atoms with Gasteiger partial charge in [-0.05, 0) is 38.1 Å². The van der Waals surface area contributed by atoms with E-state index in [0.29, 0.717) is 11.1 Å². The zero-order valence-electron chi connectivity index (χ0n) is 8.70. The van der Waals surface area contributed by atoms with E-state index in [1.165, 1.54) is 12.1 Å². The zero-order chi connectivity index (χ0) is 10.7. The molecule has 3 heteroatoms. The fraction of sp³-hybridized carbons (Fsp3) is 0.455. The predicted octanol–water partition coefficient (Wildman–Crippen LogP) is 2.94. The molecule has 78 valence electrons. The number of nitrogens with one attached hydrogen (secondary N) is 1. The topological polar surface area (TPSA) is 12.0 Å². The first-order chi connectivity index (χ1) is 6.56. The SMILES string of the molecule is CCNC(C)c1cc(F)c(C)cc1F. The Kier molecular flexibility index (Phi) is 3.58. The van der Waals surface area contributed by atoms with E-state index in [0.717, 1.165) is 6.54 Å². The summed E-state index contributed by atoms with van der Waals surface area (Å²) in [5, 5.41) is 3.04. The number of hydrogen-bond donors (Lipinski definition) is 1. The first-order valence-corrected chi connectivity index (χ1v) is 4.75.